The lowest BCUT2D eigenvalue weighted by molar-refractivity contribution is 0.164. The third-order valence-electron chi connectivity index (χ3n) is 5.90. The first kappa shape index (κ1) is 23.1. The van der Waals surface area contributed by atoms with Crippen LogP contribution in [0, 0.1) is 26.7 Å². The minimum Gasteiger partial charge on any atom is -0.489 e. The molecule has 31 heavy (non-hydrogen) atoms. The van der Waals surface area contributed by atoms with E-state index in [1.54, 1.807) is 0 Å². The highest BCUT2D eigenvalue weighted by Gasteiger charge is 2.21. The van der Waals surface area contributed by atoms with Crippen molar-refractivity contribution < 1.29 is 9.15 Å². The minimum atomic E-state index is 0.0466. The highest BCUT2D eigenvalue weighted by molar-refractivity contribution is 5.79. The number of para-hydroxylation sites is 1. The Morgan fingerprint density at radius 2 is 1.97 bits per heavy atom. The molecule has 3 rings (SSSR count). The predicted molar refractivity (Wildman–Crippen MR) is 125 cm³/mol. The van der Waals surface area contributed by atoms with Crippen molar-refractivity contribution >= 4 is 5.96 Å². The molecule has 0 amide bonds. The summed E-state index contributed by atoms with van der Waals surface area (Å²) in [5, 5.41) is 6.86. The van der Waals surface area contributed by atoms with Gasteiger partial charge < -0.3 is 19.8 Å². The van der Waals surface area contributed by atoms with Crippen molar-refractivity contribution in [3.05, 3.63) is 47.2 Å². The third-order valence-corrected chi connectivity index (χ3v) is 5.90. The van der Waals surface area contributed by atoms with Crippen molar-refractivity contribution in [3.63, 3.8) is 0 Å². The van der Waals surface area contributed by atoms with E-state index in [1.165, 1.54) is 0 Å². The Bertz CT molecular complexity index is 836. The summed E-state index contributed by atoms with van der Waals surface area (Å²) in [5.41, 5.74) is 2.14. The molecule has 2 N–H and O–H groups in total. The molecule has 1 aromatic carbocycles. The smallest absolute Gasteiger partial charge is 0.208 e. The maximum Gasteiger partial charge on any atom is 0.208 e. The standard InChI is InChI=1S/C24H37N5O2/c1-17-8-6-7-9-22(17)30-18(2)14-26-24(25-5)27-15-21-10-12-29(13-11-21)16-23-28-19(3)20(4)31-23/h6-9,18,21H,10-16H2,1-5H3,(H2,25,26,27). The van der Waals surface area contributed by atoms with Crippen LogP contribution in [-0.4, -0.2) is 55.2 Å². The fourth-order valence-electron chi connectivity index (χ4n) is 3.80. The number of nitrogens with zero attached hydrogens (tertiary/aromatic N) is 3. The summed E-state index contributed by atoms with van der Waals surface area (Å²) in [5.74, 6) is 4.16. The first-order valence-corrected chi connectivity index (χ1v) is 11.3. The zero-order chi connectivity index (χ0) is 22.2. The van der Waals surface area contributed by atoms with Gasteiger partial charge in [0.1, 0.15) is 17.6 Å². The zero-order valence-electron chi connectivity index (χ0n) is 19.6. The largest absolute Gasteiger partial charge is 0.489 e. The number of hydrogen-bond donors (Lipinski definition) is 2. The van der Waals surface area contributed by atoms with Crippen LogP contribution in [0.4, 0.5) is 0 Å². The molecule has 7 heteroatoms. The Balaban J connectivity index is 1.35. The number of oxazole rings is 1. The van der Waals surface area contributed by atoms with E-state index in [1.807, 2.05) is 39.1 Å². The fourth-order valence-corrected chi connectivity index (χ4v) is 3.80. The number of likely N-dealkylation sites (tertiary alicyclic amines) is 1. The molecule has 1 unspecified atom stereocenters. The van der Waals surface area contributed by atoms with E-state index in [9.17, 15) is 0 Å². The molecule has 1 fully saturated rings. The molecule has 1 aliphatic heterocycles. The van der Waals surface area contributed by atoms with Crippen molar-refractivity contribution in [2.75, 3.05) is 33.2 Å². The average Bonchev–Trinajstić information content (AvgIpc) is 3.07. The van der Waals surface area contributed by atoms with E-state index in [2.05, 4.69) is 45.4 Å². The number of aryl methyl sites for hydroxylation is 3. The number of rotatable bonds is 8. The summed E-state index contributed by atoms with van der Waals surface area (Å²) in [6, 6.07) is 8.10. The number of aromatic nitrogens is 1. The molecule has 1 atom stereocenters. The van der Waals surface area contributed by atoms with Gasteiger partial charge in [-0.25, -0.2) is 4.98 Å². The van der Waals surface area contributed by atoms with Crippen LogP contribution < -0.4 is 15.4 Å². The van der Waals surface area contributed by atoms with Crippen LogP contribution in [0.25, 0.3) is 0 Å². The van der Waals surface area contributed by atoms with E-state index in [0.717, 1.165) is 73.6 Å². The lowest BCUT2D eigenvalue weighted by Crippen LogP contribution is -2.45. The second kappa shape index (κ2) is 11.2. The van der Waals surface area contributed by atoms with Crippen LogP contribution in [0.5, 0.6) is 5.75 Å². The molecule has 1 aliphatic rings. The third kappa shape index (κ3) is 6.99. The van der Waals surface area contributed by atoms with Crippen LogP contribution in [0.3, 0.4) is 0 Å². The van der Waals surface area contributed by atoms with Crippen molar-refractivity contribution in [2.45, 2.75) is 53.2 Å². The van der Waals surface area contributed by atoms with Gasteiger partial charge in [0.15, 0.2) is 5.96 Å². The van der Waals surface area contributed by atoms with E-state index in [4.69, 9.17) is 9.15 Å². The van der Waals surface area contributed by atoms with Crippen molar-refractivity contribution in [1.29, 1.82) is 0 Å². The van der Waals surface area contributed by atoms with Crippen molar-refractivity contribution in [1.82, 2.24) is 20.5 Å². The molecule has 0 spiro atoms. The first-order chi connectivity index (χ1) is 14.9. The van der Waals surface area contributed by atoms with Gasteiger partial charge in [-0.15, -0.1) is 0 Å². The van der Waals surface area contributed by atoms with E-state index in [0.29, 0.717) is 12.5 Å². The molecule has 0 aliphatic carbocycles. The summed E-state index contributed by atoms with van der Waals surface area (Å²) < 4.78 is 11.8. The Morgan fingerprint density at radius 1 is 1.23 bits per heavy atom. The van der Waals surface area contributed by atoms with Crippen LogP contribution in [0.15, 0.2) is 33.7 Å². The Hall–Kier alpha value is -2.54. The zero-order valence-corrected chi connectivity index (χ0v) is 19.6. The topological polar surface area (TPSA) is 74.9 Å². The van der Waals surface area contributed by atoms with Gasteiger partial charge in [-0.05, 0) is 71.2 Å². The van der Waals surface area contributed by atoms with Crippen molar-refractivity contribution in [3.8, 4) is 5.75 Å². The number of ether oxygens (including phenoxy) is 1. The number of benzene rings is 1. The molecule has 7 nitrogen and oxygen atoms in total. The molecular weight excluding hydrogens is 390 g/mol. The van der Waals surface area contributed by atoms with Crippen LogP contribution >= 0.6 is 0 Å². The SMILES string of the molecule is CN=C(NCC1CCN(Cc2nc(C)c(C)o2)CC1)NCC(C)Oc1ccccc1C. The second-order valence-corrected chi connectivity index (χ2v) is 8.50. The van der Waals surface area contributed by atoms with Crippen LogP contribution in [-0.2, 0) is 6.54 Å². The summed E-state index contributed by atoms with van der Waals surface area (Å²) in [6.07, 6.45) is 2.37. The normalized spacial score (nSPS) is 16.9. The Kier molecular flexibility index (Phi) is 8.35. The lowest BCUT2D eigenvalue weighted by Gasteiger charge is -2.31. The number of hydrogen-bond acceptors (Lipinski definition) is 5. The summed E-state index contributed by atoms with van der Waals surface area (Å²) >= 11 is 0. The van der Waals surface area contributed by atoms with E-state index >= 15 is 0 Å². The lowest BCUT2D eigenvalue weighted by atomic mass is 9.97. The maximum atomic E-state index is 6.04. The highest BCUT2D eigenvalue weighted by Crippen LogP contribution is 2.19. The van der Waals surface area contributed by atoms with Gasteiger partial charge >= 0.3 is 0 Å². The van der Waals surface area contributed by atoms with Gasteiger partial charge in [0.05, 0.1) is 18.8 Å². The highest BCUT2D eigenvalue weighted by atomic mass is 16.5. The van der Waals surface area contributed by atoms with Crippen LogP contribution in [0.2, 0.25) is 0 Å². The number of piperidine rings is 1. The Morgan fingerprint density at radius 3 is 2.61 bits per heavy atom. The molecule has 170 valence electrons. The molecule has 1 saturated heterocycles. The Labute approximate surface area is 186 Å². The minimum absolute atomic E-state index is 0.0466. The molecule has 0 radical (unpaired) electrons. The van der Waals surface area contributed by atoms with Crippen molar-refractivity contribution in [2.24, 2.45) is 10.9 Å². The summed E-state index contributed by atoms with van der Waals surface area (Å²) in [4.78, 5) is 11.3. The van der Waals surface area contributed by atoms with Gasteiger partial charge in [0.25, 0.3) is 0 Å². The second-order valence-electron chi connectivity index (χ2n) is 8.50. The molecular formula is C24H37N5O2. The molecule has 2 aromatic rings. The van der Waals surface area contributed by atoms with Gasteiger partial charge in [0, 0.05) is 13.6 Å². The predicted octanol–water partition coefficient (Wildman–Crippen LogP) is 3.44. The number of nitrogens with one attached hydrogen (secondary N) is 2. The molecule has 2 heterocycles. The van der Waals surface area contributed by atoms with Gasteiger partial charge in [0.2, 0.25) is 5.89 Å². The van der Waals surface area contributed by atoms with Gasteiger partial charge in [-0.2, -0.15) is 0 Å². The van der Waals surface area contributed by atoms with Gasteiger partial charge in [-0.1, -0.05) is 18.2 Å². The molecule has 0 saturated carbocycles. The monoisotopic (exact) mass is 427 g/mol. The molecule has 0 bridgehead atoms. The quantitative estimate of drug-likeness (QED) is 0.497. The number of aliphatic imine (C=N–C) groups is 1. The first-order valence-electron chi connectivity index (χ1n) is 11.3. The summed E-state index contributed by atoms with van der Waals surface area (Å²) in [6.45, 7) is 12.7. The van der Waals surface area contributed by atoms with E-state index in [-0.39, 0.29) is 6.10 Å². The molecule has 1 aromatic heterocycles. The van der Waals surface area contributed by atoms with Crippen LogP contribution in [0.1, 0.15) is 42.7 Å². The maximum absolute atomic E-state index is 6.04. The number of guanidine groups is 1. The van der Waals surface area contributed by atoms with E-state index < -0.39 is 0 Å². The van der Waals surface area contributed by atoms with Gasteiger partial charge in [-0.3, -0.25) is 9.89 Å². The average molecular weight is 428 g/mol. The summed E-state index contributed by atoms with van der Waals surface area (Å²) in [7, 11) is 1.81. The fraction of sp³-hybridized carbons (Fsp3) is 0.583.